The van der Waals surface area contributed by atoms with E-state index in [0.717, 1.165) is 14.9 Å². The molecule has 6 nitrogen and oxygen atoms in total. The number of anilines is 1. The highest BCUT2D eigenvalue weighted by Crippen LogP contribution is 2.29. The van der Waals surface area contributed by atoms with Gasteiger partial charge in [0.1, 0.15) is 11.3 Å². The van der Waals surface area contributed by atoms with Gasteiger partial charge in [-0.15, -0.1) is 0 Å². The van der Waals surface area contributed by atoms with Gasteiger partial charge in [-0.05, 0) is 48.9 Å². The van der Waals surface area contributed by atoms with Crippen LogP contribution in [-0.2, 0) is 9.59 Å². The third kappa shape index (κ3) is 3.74. The maximum Gasteiger partial charge on any atom is 0.335 e. The quantitative estimate of drug-likeness (QED) is 0.566. The van der Waals surface area contributed by atoms with Crippen molar-refractivity contribution in [3.8, 4) is 5.75 Å². The number of methoxy groups -OCH3 is 1. The number of barbiturate groups is 1. The molecule has 0 radical (unpaired) electrons. The Morgan fingerprint density at radius 1 is 1.15 bits per heavy atom. The maximum absolute atomic E-state index is 12.9. The van der Waals surface area contributed by atoms with Crippen molar-refractivity contribution in [1.82, 2.24) is 5.32 Å². The first kappa shape index (κ1) is 19.1. The van der Waals surface area contributed by atoms with Gasteiger partial charge in [-0.1, -0.05) is 33.6 Å². The van der Waals surface area contributed by atoms with E-state index in [-0.39, 0.29) is 11.3 Å². The number of hydrogen-bond acceptors (Lipinski definition) is 4. The van der Waals surface area contributed by atoms with E-state index in [1.165, 1.54) is 19.3 Å². The smallest absolute Gasteiger partial charge is 0.335 e. The normalized spacial score (nSPS) is 15.9. The van der Waals surface area contributed by atoms with Crippen LogP contribution in [0.4, 0.5) is 10.5 Å². The number of carbonyl (C=O) groups is 3. The number of nitrogens with one attached hydrogen (secondary N) is 1. The molecule has 1 aliphatic heterocycles. The Labute approximate surface area is 168 Å². The average molecular weight is 450 g/mol. The topological polar surface area (TPSA) is 75.7 Å². The Morgan fingerprint density at radius 2 is 1.89 bits per heavy atom. The van der Waals surface area contributed by atoms with Gasteiger partial charge in [-0.3, -0.25) is 14.9 Å². The van der Waals surface area contributed by atoms with Crippen LogP contribution in [0.1, 0.15) is 11.1 Å². The monoisotopic (exact) mass is 448 g/mol. The van der Waals surface area contributed by atoms with Crippen molar-refractivity contribution >= 4 is 57.1 Å². The molecule has 0 aromatic heterocycles. The molecule has 0 atom stereocenters. The van der Waals surface area contributed by atoms with Crippen molar-refractivity contribution in [2.24, 2.45) is 0 Å². The number of ether oxygens (including phenoxy) is 1. The molecule has 1 aliphatic rings. The fourth-order valence-electron chi connectivity index (χ4n) is 2.59. The zero-order valence-corrected chi connectivity index (χ0v) is 16.7. The second kappa shape index (κ2) is 7.54. The van der Waals surface area contributed by atoms with Crippen molar-refractivity contribution in [2.75, 3.05) is 12.0 Å². The summed E-state index contributed by atoms with van der Waals surface area (Å²) >= 11 is 9.45. The summed E-state index contributed by atoms with van der Waals surface area (Å²) in [5, 5.41) is 2.58. The molecule has 2 aromatic carbocycles. The minimum absolute atomic E-state index is 0.192. The van der Waals surface area contributed by atoms with E-state index in [0.29, 0.717) is 16.3 Å². The minimum Gasteiger partial charge on any atom is -0.496 e. The van der Waals surface area contributed by atoms with Crippen molar-refractivity contribution in [3.63, 3.8) is 0 Å². The number of hydrogen-bond donors (Lipinski definition) is 1. The van der Waals surface area contributed by atoms with E-state index in [1.54, 1.807) is 37.3 Å². The molecule has 2 aromatic rings. The summed E-state index contributed by atoms with van der Waals surface area (Å²) in [5.74, 6) is -1.04. The maximum atomic E-state index is 12.9. The Balaban J connectivity index is 2.07. The van der Waals surface area contributed by atoms with Gasteiger partial charge in [0.2, 0.25) is 0 Å². The van der Waals surface area contributed by atoms with Gasteiger partial charge in [0, 0.05) is 15.1 Å². The number of aryl methyl sites for hydroxylation is 1. The first-order chi connectivity index (χ1) is 12.8. The van der Waals surface area contributed by atoms with Crippen LogP contribution in [0, 0.1) is 6.92 Å². The highest BCUT2D eigenvalue weighted by Gasteiger charge is 2.37. The van der Waals surface area contributed by atoms with Gasteiger partial charge < -0.3 is 4.74 Å². The standard InChI is InChI=1S/C19H14BrClN2O4/c1-10-3-5-13(9-15(10)21)23-18(25)14(17(24)22-19(23)26)8-11-7-12(20)4-6-16(11)27-2/h3-9H,1-2H3,(H,22,24,26)/b14-8-. The highest BCUT2D eigenvalue weighted by molar-refractivity contribution is 9.10. The molecule has 1 saturated heterocycles. The van der Waals surface area contributed by atoms with E-state index in [9.17, 15) is 14.4 Å². The zero-order chi connectivity index (χ0) is 19.7. The molecule has 0 unspecified atom stereocenters. The van der Waals surface area contributed by atoms with Gasteiger partial charge >= 0.3 is 6.03 Å². The number of carbonyl (C=O) groups excluding carboxylic acids is 3. The van der Waals surface area contributed by atoms with Gasteiger partial charge in [0.25, 0.3) is 11.8 Å². The lowest BCUT2D eigenvalue weighted by Gasteiger charge is -2.26. The molecule has 27 heavy (non-hydrogen) atoms. The van der Waals surface area contributed by atoms with Crippen LogP contribution in [0.5, 0.6) is 5.75 Å². The molecule has 0 aliphatic carbocycles. The minimum atomic E-state index is -0.830. The van der Waals surface area contributed by atoms with Crippen molar-refractivity contribution in [1.29, 1.82) is 0 Å². The van der Waals surface area contributed by atoms with Crippen LogP contribution in [0.15, 0.2) is 46.4 Å². The second-order valence-corrected chi connectivity index (χ2v) is 7.10. The second-order valence-electron chi connectivity index (χ2n) is 5.78. The first-order valence-electron chi connectivity index (χ1n) is 7.83. The lowest BCUT2D eigenvalue weighted by Crippen LogP contribution is -2.54. The van der Waals surface area contributed by atoms with Gasteiger partial charge in [-0.2, -0.15) is 0 Å². The van der Waals surface area contributed by atoms with E-state index in [4.69, 9.17) is 16.3 Å². The lowest BCUT2D eigenvalue weighted by atomic mass is 10.1. The fourth-order valence-corrected chi connectivity index (χ4v) is 3.14. The molecule has 4 amide bonds. The SMILES string of the molecule is COc1ccc(Br)cc1/C=C1/C(=O)NC(=O)N(c2ccc(C)c(Cl)c2)C1=O. The molecule has 1 fully saturated rings. The summed E-state index contributed by atoms with van der Waals surface area (Å²) in [6.07, 6.45) is 1.39. The Bertz CT molecular complexity index is 1000. The number of imide groups is 2. The summed E-state index contributed by atoms with van der Waals surface area (Å²) in [7, 11) is 1.48. The lowest BCUT2D eigenvalue weighted by molar-refractivity contribution is -0.122. The van der Waals surface area contributed by atoms with E-state index >= 15 is 0 Å². The van der Waals surface area contributed by atoms with Crippen LogP contribution in [-0.4, -0.2) is 25.0 Å². The molecule has 0 bridgehead atoms. The van der Waals surface area contributed by atoms with Crippen molar-refractivity contribution in [3.05, 3.63) is 62.6 Å². The van der Waals surface area contributed by atoms with Gasteiger partial charge in [-0.25, -0.2) is 9.69 Å². The number of rotatable bonds is 3. The Hall–Kier alpha value is -2.64. The van der Waals surface area contributed by atoms with Crippen LogP contribution >= 0.6 is 27.5 Å². The molecule has 1 heterocycles. The molecule has 0 spiro atoms. The molecule has 1 N–H and O–H groups in total. The molecule has 3 rings (SSSR count). The molecular weight excluding hydrogens is 436 g/mol. The number of benzene rings is 2. The van der Waals surface area contributed by atoms with Gasteiger partial charge in [0.05, 0.1) is 12.8 Å². The fraction of sp³-hybridized carbons (Fsp3) is 0.105. The predicted octanol–water partition coefficient (Wildman–Crippen LogP) is 4.09. The third-order valence-corrected chi connectivity index (χ3v) is 4.91. The van der Waals surface area contributed by atoms with Gasteiger partial charge in [0.15, 0.2) is 0 Å². The van der Waals surface area contributed by atoms with E-state index in [1.807, 2.05) is 0 Å². The molecule has 138 valence electrons. The molecular formula is C19H14BrClN2O4. The summed E-state index contributed by atoms with van der Waals surface area (Å²) < 4.78 is 6.01. The van der Waals surface area contributed by atoms with Crippen molar-refractivity contribution in [2.45, 2.75) is 6.92 Å². The largest absolute Gasteiger partial charge is 0.496 e. The number of urea groups is 1. The zero-order valence-electron chi connectivity index (χ0n) is 14.4. The van der Waals surface area contributed by atoms with Crippen LogP contribution in [0.3, 0.4) is 0 Å². The Kier molecular flexibility index (Phi) is 5.34. The summed E-state index contributed by atoms with van der Waals surface area (Å²) in [6, 6.07) is 9.12. The number of nitrogens with zero attached hydrogens (tertiary/aromatic N) is 1. The third-order valence-electron chi connectivity index (χ3n) is 4.01. The number of halogens is 2. The Morgan fingerprint density at radius 3 is 2.56 bits per heavy atom. The highest BCUT2D eigenvalue weighted by atomic mass is 79.9. The molecule has 0 saturated carbocycles. The van der Waals surface area contributed by atoms with Crippen LogP contribution in [0.25, 0.3) is 6.08 Å². The number of amides is 4. The van der Waals surface area contributed by atoms with Crippen molar-refractivity contribution < 1.29 is 19.1 Å². The van der Waals surface area contributed by atoms with E-state index < -0.39 is 17.8 Å². The predicted molar refractivity (Wildman–Crippen MR) is 106 cm³/mol. The summed E-state index contributed by atoms with van der Waals surface area (Å²) in [5.41, 5.74) is 1.40. The summed E-state index contributed by atoms with van der Waals surface area (Å²) in [6.45, 7) is 1.80. The molecule has 8 heteroatoms. The van der Waals surface area contributed by atoms with Crippen LogP contribution < -0.4 is 15.0 Å². The van der Waals surface area contributed by atoms with E-state index in [2.05, 4.69) is 21.2 Å². The summed E-state index contributed by atoms with van der Waals surface area (Å²) in [4.78, 5) is 38.3. The average Bonchev–Trinajstić information content (AvgIpc) is 2.61. The van der Waals surface area contributed by atoms with Crippen LogP contribution in [0.2, 0.25) is 5.02 Å². The first-order valence-corrected chi connectivity index (χ1v) is 9.00.